The molecule has 1 aromatic rings. The average Bonchev–Trinajstić information content (AvgIpc) is 2.26. The van der Waals surface area contributed by atoms with Crippen molar-refractivity contribution in [3.8, 4) is 5.75 Å². The van der Waals surface area contributed by atoms with E-state index in [4.69, 9.17) is 16.2 Å². The Kier molecular flexibility index (Phi) is 4.81. The third kappa shape index (κ3) is 4.16. The smallest absolute Gasteiger partial charge is 0.185 e. The molecule has 4 N–H and O–H groups in total. The Bertz CT molecular complexity index is 469. The first-order chi connectivity index (χ1) is 8.75. The highest BCUT2D eigenvalue weighted by atomic mass is 16.5. The van der Waals surface area contributed by atoms with E-state index in [1.54, 1.807) is 7.11 Å². The van der Waals surface area contributed by atoms with Gasteiger partial charge in [0.15, 0.2) is 5.96 Å². The van der Waals surface area contributed by atoms with E-state index in [0.717, 1.165) is 17.7 Å². The number of aliphatic imine (C=N–C) groups is 1. The number of guanidine groups is 1. The number of rotatable bonds is 4. The van der Waals surface area contributed by atoms with Crippen molar-refractivity contribution < 1.29 is 4.74 Å². The zero-order chi connectivity index (χ0) is 14.6. The highest BCUT2D eigenvalue weighted by Gasteiger charge is 2.21. The van der Waals surface area contributed by atoms with Crippen LogP contribution in [0.1, 0.15) is 37.5 Å². The fourth-order valence-corrected chi connectivity index (χ4v) is 2.14. The molecule has 0 fully saturated rings. The highest BCUT2D eigenvalue weighted by Crippen LogP contribution is 2.35. The molecular formula is C15H25N3O. The number of hydrogen-bond acceptors (Lipinski definition) is 2. The molecule has 1 aromatic carbocycles. The minimum absolute atomic E-state index is 0.0439. The maximum Gasteiger partial charge on any atom is 0.185 e. The Morgan fingerprint density at radius 2 is 1.89 bits per heavy atom. The van der Waals surface area contributed by atoms with Crippen LogP contribution in [0.5, 0.6) is 5.75 Å². The SMILES string of the molecule is COc1c(CCN=C(N)N)cc(C)cc1C(C)(C)C. The summed E-state index contributed by atoms with van der Waals surface area (Å²) in [6, 6.07) is 4.32. The fourth-order valence-electron chi connectivity index (χ4n) is 2.14. The van der Waals surface area contributed by atoms with Crippen LogP contribution in [-0.4, -0.2) is 19.6 Å². The van der Waals surface area contributed by atoms with Crippen molar-refractivity contribution >= 4 is 5.96 Å². The lowest BCUT2D eigenvalue weighted by Crippen LogP contribution is -2.23. The van der Waals surface area contributed by atoms with Gasteiger partial charge in [-0.3, -0.25) is 4.99 Å². The number of aryl methyl sites for hydroxylation is 1. The minimum Gasteiger partial charge on any atom is -0.496 e. The summed E-state index contributed by atoms with van der Waals surface area (Å²) in [5, 5.41) is 0. The molecule has 19 heavy (non-hydrogen) atoms. The van der Waals surface area contributed by atoms with Gasteiger partial charge in [-0.15, -0.1) is 0 Å². The molecule has 0 radical (unpaired) electrons. The fraction of sp³-hybridized carbons (Fsp3) is 0.533. The molecule has 1 rings (SSSR count). The molecular weight excluding hydrogens is 238 g/mol. The van der Waals surface area contributed by atoms with E-state index in [1.165, 1.54) is 11.1 Å². The summed E-state index contributed by atoms with van der Waals surface area (Å²) in [6.07, 6.45) is 0.770. The van der Waals surface area contributed by atoms with Gasteiger partial charge in [-0.25, -0.2) is 0 Å². The summed E-state index contributed by atoms with van der Waals surface area (Å²) in [4.78, 5) is 4.03. The summed E-state index contributed by atoms with van der Waals surface area (Å²) in [5.74, 6) is 1.08. The summed E-state index contributed by atoms with van der Waals surface area (Å²) in [6.45, 7) is 9.22. The first-order valence-corrected chi connectivity index (χ1v) is 6.49. The van der Waals surface area contributed by atoms with Crippen LogP contribution >= 0.6 is 0 Å². The van der Waals surface area contributed by atoms with Crippen LogP contribution in [0, 0.1) is 6.92 Å². The minimum atomic E-state index is 0.0439. The first kappa shape index (κ1) is 15.3. The van der Waals surface area contributed by atoms with Crippen molar-refractivity contribution in [2.75, 3.05) is 13.7 Å². The van der Waals surface area contributed by atoms with Gasteiger partial charge >= 0.3 is 0 Å². The van der Waals surface area contributed by atoms with Gasteiger partial charge in [-0.1, -0.05) is 38.5 Å². The van der Waals surface area contributed by atoms with Crippen LogP contribution in [0.3, 0.4) is 0 Å². The van der Waals surface area contributed by atoms with Gasteiger partial charge in [0.1, 0.15) is 5.75 Å². The van der Waals surface area contributed by atoms with Crippen molar-refractivity contribution in [2.24, 2.45) is 16.5 Å². The van der Waals surface area contributed by atoms with Gasteiger partial charge in [0, 0.05) is 12.1 Å². The van der Waals surface area contributed by atoms with Gasteiger partial charge in [-0.2, -0.15) is 0 Å². The standard InChI is InChI=1S/C15H25N3O/c1-10-8-11(6-7-18-14(16)17)13(19-5)12(9-10)15(2,3)4/h8-9H,6-7H2,1-5H3,(H4,16,17,18). The molecule has 0 amide bonds. The second kappa shape index (κ2) is 5.95. The molecule has 0 atom stereocenters. The summed E-state index contributed by atoms with van der Waals surface area (Å²) in [5.41, 5.74) is 14.3. The maximum absolute atomic E-state index is 5.60. The van der Waals surface area contributed by atoms with Crippen molar-refractivity contribution in [1.29, 1.82) is 0 Å². The Labute approximate surface area is 115 Å². The number of ether oxygens (including phenoxy) is 1. The molecule has 0 saturated carbocycles. The summed E-state index contributed by atoms with van der Waals surface area (Å²) < 4.78 is 5.60. The van der Waals surface area contributed by atoms with E-state index >= 15 is 0 Å². The molecule has 0 aliphatic heterocycles. The largest absolute Gasteiger partial charge is 0.496 e. The van der Waals surface area contributed by atoms with Gasteiger partial charge in [-0.05, 0) is 24.3 Å². The Hall–Kier alpha value is -1.71. The predicted molar refractivity (Wildman–Crippen MR) is 80.8 cm³/mol. The van der Waals surface area contributed by atoms with E-state index in [1.807, 2.05) is 0 Å². The van der Waals surface area contributed by atoms with Gasteiger partial charge in [0.25, 0.3) is 0 Å². The normalized spacial score (nSPS) is 11.2. The predicted octanol–water partition coefficient (Wildman–Crippen LogP) is 2.12. The summed E-state index contributed by atoms with van der Waals surface area (Å²) >= 11 is 0. The molecule has 0 heterocycles. The van der Waals surface area contributed by atoms with Crippen LogP contribution in [0.2, 0.25) is 0 Å². The lowest BCUT2D eigenvalue weighted by Gasteiger charge is -2.24. The van der Waals surface area contributed by atoms with E-state index in [0.29, 0.717) is 6.54 Å². The van der Waals surface area contributed by atoms with Crippen LogP contribution in [0.4, 0.5) is 0 Å². The van der Waals surface area contributed by atoms with Crippen molar-refractivity contribution in [2.45, 2.75) is 39.5 Å². The zero-order valence-electron chi connectivity index (χ0n) is 12.6. The average molecular weight is 263 g/mol. The van der Waals surface area contributed by atoms with Crippen molar-refractivity contribution in [3.63, 3.8) is 0 Å². The second-order valence-electron chi connectivity index (χ2n) is 5.81. The molecule has 0 bridgehead atoms. The number of hydrogen-bond donors (Lipinski definition) is 2. The van der Waals surface area contributed by atoms with Crippen molar-refractivity contribution in [1.82, 2.24) is 0 Å². The number of nitrogens with zero attached hydrogens (tertiary/aromatic N) is 1. The van der Waals surface area contributed by atoms with E-state index in [-0.39, 0.29) is 11.4 Å². The number of benzene rings is 1. The molecule has 4 nitrogen and oxygen atoms in total. The van der Waals surface area contributed by atoms with Gasteiger partial charge < -0.3 is 16.2 Å². The quantitative estimate of drug-likeness (QED) is 0.645. The topological polar surface area (TPSA) is 73.6 Å². The maximum atomic E-state index is 5.60. The lowest BCUT2D eigenvalue weighted by atomic mass is 9.83. The van der Waals surface area contributed by atoms with E-state index < -0.39 is 0 Å². The Morgan fingerprint density at radius 1 is 1.26 bits per heavy atom. The first-order valence-electron chi connectivity index (χ1n) is 6.49. The number of methoxy groups -OCH3 is 1. The zero-order valence-corrected chi connectivity index (χ0v) is 12.6. The highest BCUT2D eigenvalue weighted by molar-refractivity contribution is 5.75. The van der Waals surface area contributed by atoms with E-state index in [2.05, 4.69) is 44.8 Å². The van der Waals surface area contributed by atoms with Crippen molar-refractivity contribution in [3.05, 3.63) is 28.8 Å². The molecule has 0 aliphatic carbocycles. The lowest BCUT2D eigenvalue weighted by molar-refractivity contribution is 0.392. The second-order valence-corrected chi connectivity index (χ2v) is 5.81. The molecule has 0 spiro atoms. The molecule has 0 unspecified atom stereocenters. The molecule has 106 valence electrons. The van der Waals surface area contributed by atoms with Gasteiger partial charge in [0.2, 0.25) is 0 Å². The van der Waals surface area contributed by atoms with Crippen LogP contribution in [-0.2, 0) is 11.8 Å². The molecule has 4 heteroatoms. The molecule has 0 aliphatic rings. The summed E-state index contributed by atoms with van der Waals surface area (Å²) in [7, 11) is 1.71. The van der Waals surface area contributed by atoms with Crippen LogP contribution in [0.25, 0.3) is 0 Å². The van der Waals surface area contributed by atoms with Crippen LogP contribution in [0.15, 0.2) is 17.1 Å². The third-order valence-electron chi connectivity index (χ3n) is 3.00. The molecule has 0 saturated heterocycles. The Balaban J connectivity index is 3.16. The van der Waals surface area contributed by atoms with Crippen LogP contribution < -0.4 is 16.2 Å². The number of nitrogens with two attached hydrogens (primary N) is 2. The third-order valence-corrected chi connectivity index (χ3v) is 3.00. The van der Waals surface area contributed by atoms with Gasteiger partial charge in [0.05, 0.1) is 7.11 Å². The Morgan fingerprint density at radius 3 is 2.37 bits per heavy atom. The monoisotopic (exact) mass is 263 g/mol. The molecule has 0 aromatic heterocycles. The van der Waals surface area contributed by atoms with E-state index in [9.17, 15) is 0 Å².